The zero-order valence-electron chi connectivity index (χ0n) is 17.1. The fourth-order valence-electron chi connectivity index (χ4n) is 2.97. The second kappa shape index (κ2) is 10.3. The molecule has 2 aromatic heterocycles. The molecule has 0 radical (unpaired) electrons. The van der Waals surface area contributed by atoms with Crippen LogP contribution in [0.4, 0.5) is 19.0 Å². The number of rotatable bonds is 9. The third-order valence-electron chi connectivity index (χ3n) is 4.61. The number of aromatic nitrogens is 3. The van der Waals surface area contributed by atoms with Crippen molar-refractivity contribution in [2.45, 2.75) is 18.9 Å². The molecule has 0 spiro atoms. The molecule has 2 heterocycles. The van der Waals surface area contributed by atoms with Crippen molar-refractivity contribution in [1.29, 1.82) is 0 Å². The molecule has 0 atom stereocenters. The summed E-state index contributed by atoms with van der Waals surface area (Å²) in [6, 6.07) is 9.47. The van der Waals surface area contributed by atoms with Gasteiger partial charge in [-0.3, -0.25) is 14.2 Å². The Morgan fingerprint density at radius 2 is 2.03 bits per heavy atom. The molecule has 0 aliphatic carbocycles. The van der Waals surface area contributed by atoms with Crippen molar-refractivity contribution >= 4 is 23.3 Å². The normalized spacial score (nSPS) is 11.3. The average Bonchev–Trinajstić information content (AvgIpc) is 2.76. The molecule has 0 saturated heterocycles. The fraction of sp³-hybridized carbons (Fsp3) is 0.238. The molecule has 1 amide bonds. The number of halogens is 4. The van der Waals surface area contributed by atoms with Crippen molar-refractivity contribution in [3.63, 3.8) is 0 Å². The maximum Gasteiger partial charge on any atom is 0.347 e. The molecular formula is C21H19ClF3N5O3. The monoisotopic (exact) mass is 481 g/mol. The lowest BCUT2D eigenvalue weighted by molar-refractivity contribution is -0.624. The zero-order valence-corrected chi connectivity index (χ0v) is 17.9. The molecule has 12 heteroatoms. The smallest absolute Gasteiger partial charge is 0.347 e. The molecule has 0 fully saturated rings. The summed E-state index contributed by atoms with van der Waals surface area (Å²) >= 11 is 5.96. The Labute approximate surface area is 191 Å². The van der Waals surface area contributed by atoms with Crippen molar-refractivity contribution in [1.82, 2.24) is 14.9 Å². The maximum atomic E-state index is 14.4. The number of anilines is 1. The molecule has 0 aliphatic rings. The van der Waals surface area contributed by atoms with Crippen LogP contribution in [0, 0.1) is 11.0 Å². The van der Waals surface area contributed by atoms with Crippen LogP contribution >= 0.6 is 11.6 Å². The molecule has 0 unspecified atom stereocenters. The lowest BCUT2D eigenvalue weighted by Gasteiger charge is -2.17. The molecule has 0 saturated carbocycles. The number of pyridine rings is 1. The zero-order chi connectivity index (χ0) is 24.0. The summed E-state index contributed by atoms with van der Waals surface area (Å²) in [7, 11) is 0. The van der Waals surface area contributed by atoms with Gasteiger partial charge in [-0.1, -0.05) is 23.7 Å². The number of nitrogens with one attached hydrogen (secondary N) is 2. The Morgan fingerprint density at radius 3 is 2.76 bits per heavy atom. The van der Waals surface area contributed by atoms with Crippen LogP contribution in [0.1, 0.15) is 11.3 Å². The predicted molar refractivity (Wildman–Crippen MR) is 114 cm³/mol. The van der Waals surface area contributed by atoms with Crippen LogP contribution in [0.25, 0.3) is 0 Å². The second-order valence-electron chi connectivity index (χ2n) is 7.02. The Hall–Kier alpha value is -3.60. The standard InChI is InChI=1S/C21H19ClF3N5O3/c22-17-11-27-19(28-13-21(24,25)16-6-1-2-9-30(16)33)20(32)29(17)12-18(31)26-8-7-14-4-3-5-15(23)10-14/h1-6,9-11H,7-8,12-13H2,(H,26,31)(H,27,28). The van der Waals surface area contributed by atoms with E-state index in [0.717, 1.165) is 23.0 Å². The van der Waals surface area contributed by atoms with E-state index in [0.29, 0.717) is 12.0 Å². The number of amides is 1. The SMILES string of the molecule is O=C(Cn1c(Cl)cnc(NCC(F)(F)c2cccc[n+]2[O-])c1=O)NCCc1cccc(F)c1. The molecule has 2 N–H and O–H groups in total. The van der Waals surface area contributed by atoms with E-state index in [2.05, 4.69) is 15.6 Å². The van der Waals surface area contributed by atoms with Gasteiger partial charge in [0.15, 0.2) is 12.0 Å². The summed E-state index contributed by atoms with van der Waals surface area (Å²) in [5.74, 6) is -5.01. The predicted octanol–water partition coefficient (Wildman–Crippen LogP) is 2.23. The minimum absolute atomic E-state index is 0.0312. The van der Waals surface area contributed by atoms with Crippen LogP contribution in [0.5, 0.6) is 0 Å². The number of alkyl halides is 2. The molecular weight excluding hydrogens is 463 g/mol. The third kappa shape index (κ3) is 6.22. The van der Waals surface area contributed by atoms with Crippen LogP contribution in [-0.4, -0.2) is 28.5 Å². The minimum Gasteiger partial charge on any atom is -0.618 e. The topological polar surface area (TPSA) is 103 Å². The van der Waals surface area contributed by atoms with Gasteiger partial charge in [0.05, 0.1) is 12.7 Å². The fourth-order valence-corrected chi connectivity index (χ4v) is 3.16. The quantitative estimate of drug-likeness (QED) is 0.360. The number of benzene rings is 1. The molecule has 3 rings (SSSR count). The summed E-state index contributed by atoms with van der Waals surface area (Å²) in [6.45, 7) is -1.38. The molecule has 0 bridgehead atoms. The van der Waals surface area contributed by atoms with E-state index in [1.807, 2.05) is 0 Å². The Morgan fingerprint density at radius 1 is 1.24 bits per heavy atom. The first-order valence-electron chi connectivity index (χ1n) is 9.74. The van der Waals surface area contributed by atoms with E-state index in [1.165, 1.54) is 24.3 Å². The van der Waals surface area contributed by atoms with Crippen LogP contribution in [0.3, 0.4) is 0 Å². The van der Waals surface area contributed by atoms with E-state index in [9.17, 15) is 28.0 Å². The van der Waals surface area contributed by atoms with Crippen molar-refractivity contribution in [2.75, 3.05) is 18.4 Å². The number of nitrogens with zero attached hydrogens (tertiary/aromatic N) is 3. The van der Waals surface area contributed by atoms with Crippen molar-refractivity contribution in [3.05, 3.63) is 92.6 Å². The van der Waals surface area contributed by atoms with Crippen molar-refractivity contribution in [2.24, 2.45) is 0 Å². The van der Waals surface area contributed by atoms with E-state index >= 15 is 0 Å². The number of hydrogen-bond acceptors (Lipinski definition) is 5. The molecule has 8 nitrogen and oxygen atoms in total. The van der Waals surface area contributed by atoms with E-state index < -0.39 is 47.8 Å². The summed E-state index contributed by atoms with van der Waals surface area (Å²) in [5, 5.41) is 16.2. The lowest BCUT2D eigenvalue weighted by Crippen LogP contribution is -2.41. The molecule has 1 aromatic carbocycles. The summed E-state index contributed by atoms with van der Waals surface area (Å²) in [5.41, 5.74) is -1.01. The van der Waals surface area contributed by atoms with Crippen molar-refractivity contribution in [3.8, 4) is 0 Å². The third-order valence-corrected chi connectivity index (χ3v) is 4.91. The Balaban J connectivity index is 1.63. The number of carbonyl (C=O) groups excluding carboxylic acids is 1. The highest BCUT2D eigenvalue weighted by Crippen LogP contribution is 2.25. The van der Waals surface area contributed by atoms with Crippen LogP contribution < -0.4 is 20.9 Å². The minimum atomic E-state index is -3.60. The van der Waals surface area contributed by atoms with Gasteiger partial charge in [0.1, 0.15) is 17.5 Å². The van der Waals surface area contributed by atoms with Gasteiger partial charge in [-0.15, -0.1) is 0 Å². The highest BCUT2D eigenvalue weighted by molar-refractivity contribution is 6.29. The summed E-state index contributed by atoms with van der Waals surface area (Å²) < 4.78 is 42.9. The molecule has 174 valence electrons. The highest BCUT2D eigenvalue weighted by atomic mass is 35.5. The Bertz CT molecular complexity index is 1210. The van der Waals surface area contributed by atoms with Gasteiger partial charge in [-0.05, 0) is 30.2 Å². The largest absolute Gasteiger partial charge is 0.618 e. The Kier molecular flexibility index (Phi) is 7.54. The molecule has 33 heavy (non-hydrogen) atoms. The van der Waals surface area contributed by atoms with Gasteiger partial charge in [-0.2, -0.15) is 13.5 Å². The van der Waals surface area contributed by atoms with E-state index in [4.69, 9.17) is 11.6 Å². The number of carbonyl (C=O) groups is 1. The summed E-state index contributed by atoms with van der Waals surface area (Å²) in [6.07, 6.45) is 2.34. The van der Waals surface area contributed by atoms with Gasteiger partial charge < -0.3 is 15.8 Å². The van der Waals surface area contributed by atoms with Crippen molar-refractivity contribution < 1.29 is 22.7 Å². The first-order valence-corrected chi connectivity index (χ1v) is 10.1. The first kappa shape index (κ1) is 24.1. The molecule has 0 aliphatic heterocycles. The van der Waals surface area contributed by atoms with Gasteiger partial charge >= 0.3 is 5.92 Å². The first-order chi connectivity index (χ1) is 15.7. The van der Waals surface area contributed by atoms with Gasteiger partial charge in [-0.25, -0.2) is 9.37 Å². The van der Waals surface area contributed by atoms with E-state index in [1.54, 1.807) is 12.1 Å². The van der Waals surface area contributed by atoms with Gasteiger partial charge in [0, 0.05) is 18.7 Å². The van der Waals surface area contributed by atoms with Crippen LogP contribution in [0.15, 0.2) is 59.7 Å². The van der Waals surface area contributed by atoms with E-state index in [-0.39, 0.29) is 16.4 Å². The number of hydrogen-bond donors (Lipinski definition) is 2. The van der Waals surface area contributed by atoms with Gasteiger partial charge in [0.25, 0.3) is 11.3 Å². The van der Waals surface area contributed by atoms with Gasteiger partial charge in [0.2, 0.25) is 5.91 Å². The van der Waals surface area contributed by atoms with Crippen LogP contribution in [0.2, 0.25) is 5.15 Å². The highest BCUT2D eigenvalue weighted by Gasteiger charge is 2.39. The maximum absolute atomic E-state index is 14.4. The molecule has 3 aromatic rings. The average molecular weight is 482 g/mol. The lowest BCUT2D eigenvalue weighted by atomic mass is 10.1. The summed E-state index contributed by atoms with van der Waals surface area (Å²) in [4.78, 5) is 28.5. The second-order valence-corrected chi connectivity index (χ2v) is 7.41. The van der Waals surface area contributed by atoms with Crippen LogP contribution in [-0.2, 0) is 23.7 Å².